The minimum absolute atomic E-state index is 0.0399. The van der Waals surface area contributed by atoms with Gasteiger partial charge in [-0.15, -0.1) is 0 Å². The fraction of sp³-hybridized carbons (Fsp3) is 0.657. The molecule has 13 N–H and O–H groups in total. The Balaban J connectivity index is 1.80. The number of amides is 6. The molecule has 0 spiro atoms. The minimum atomic E-state index is -2.23. The number of rotatable bonds is 5. The second-order valence-electron chi connectivity index (χ2n) is 14.9. The quantitative estimate of drug-likeness (QED) is 0.132. The molecule has 21 nitrogen and oxygen atoms in total. The highest BCUT2D eigenvalue weighted by atomic mass is 16.3. The summed E-state index contributed by atoms with van der Waals surface area (Å²) in [6, 6.07) is -4.39. The number of phenols is 1. The fourth-order valence-corrected chi connectivity index (χ4v) is 7.06. The number of phenolic OH excluding ortho intramolecular Hbond substituents is 1. The first-order chi connectivity index (χ1) is 26.1. The Morgan fingerprint density at radius 3 is 1.77 bits per heavy atom. The number of fused-ring (bicyclic) bond motifs is 2. The van der Waals surface area contributed by atoms with Crippen LogP contribution in [0.5, 0.6) is 5.75 Å². The van der Waals surface area contributed by atoms with E-state index in [0.717, 1.165) is 23.6 Å². The zero-order chi connectivity index (χ0) is 41.9. The third kappa shape index (κ3) is 9.72. The van der Waals surface area contributed by atoms with Gasteiger partial charge >= 0.3 is 0 Å². The molecule has 14 unspecified atom stereocenters. The van der Waals surface area contributed by atoms with Gasteiger partial charge in [0.25, 0.3) is 0 Å². The summed E-state index contributed by atoms with van der Waals surface area (Å²) in [5, 5.41) is 105. The van der Waals surface area contributed by atoms with Crippen LogP contribution in [0.4, 0.5) is 0 Å². The molecule has 3 heterocycles. The first-order valence-corrected chi connectivity index (χ1v) is 18.2. The summed E-state index contributed by atoms with van der Waals surface area (Å²) in [6.45, 7) is 4.28. The molecule has 0 aromatic heterocycles. The van der Waals surface area contributed by atoms with Crippen molar-refractivity contribution in [1.82, 2.24) is 31.1 Å². The molecule has 3 saturated heterocycles. The van der Waals surface area contributed by atoms with Crippen molar-refractivity contribution in [3.05, 3.63) is 29.8 Å². The molecule has 56 heavy (non-hydrogen) atoms. The van der Waals surface area contributed by atoms with E-state index in [1.165, 1.54) is 38.1 Å². The molecule has 0 aliphatic carbocycles. The first kappa shape index (κ1) is 44.2. The molecule has 0 radical (unpaired) electrons. The van der Waals surface area contributed by atoms with E-state index in [4.69, 9.17) is 0 Å². The summed E-state index contributed by atoms with van der Waals surface area (Å²) >= 11 is 0. The summed E-state index contributed by atoms with van der Waals surface area (Å²) in [6.07, 6.45) is -15.2. The molecule has 1 aromatic rings. The monoisotopic (exact) mass is 796 g/mol. The predicted octanol–water partition coefficient (Wildman–Crippen LogP) is -5.99. The third-order valence-corrected chi connectivity index (χ3v) is 10.4. The van der Waals surface area contributed by atoms with Gasteiger partial charge in [0.1, 0.15) is 48.2 Å². The minimum Gasteiger partial charge on any atom is -0.508 e. The summed E-state index contributed by atoms with van der Waals surface area (Å²) in [7, 11) is 0. The Kier molecular flexibility index (Phi) is 14.4. The van der Waals surface area contributed by atoms with E-state index < -0.39 is 146 Å². The number of hydrogen-bond donors (Lipinski definition) is 13. The van der Waals surface area contributed by atoms with Crippen LogP contribution >= 0.6 is 0 Å². The molecule has 3 aliphatic rings. The SMILES string of the molecule is CC(O)C1NC(=O)[C@@H](C)CC(O)C(O)NC(=O)C2C(O)C(C)CN2C(=O)C(C(C)O)NC(=O)C(C(O)C(O)c2ccc(O)cc2)NC(=O)C2CC(O)CN2C1=O. The molecular weight excluding hydrogens is 744 g/mol. The summed E-state index contributed by atoms with van der Waals surface area (Å²) in [4.78, 5) is 84.2. The van der Waals surface area contributed by atoms with Crippen molar-refractivity contribution in [1.29, 1.82) is 0 Å². The predicted molar refractivity (Wildman–Crippen MR) is 189 cm³/mol. The van der Waals surface area contributed by atoms with Crippen LogP contribution in [-0.2, 0) is 28.8 Å². The lowest BCUT2D eigenvalue weighted by atomic mass is 9.96. The van der Waals surface area contributed by atoms with E-state index in [1.807, 2.05) is 0 Å². The molecule has 21 heteroatoms. The first-order valence-electron chi connectivity index (χ1n) is 18.2. The molecule has 6 amide bonds. The van der Waals surface area contributed by atoms with Gasteiger partial charge in [-0.3, -0.25) is 28.8 Å². The van der Waals surface area contributed by atoms with Crippen molar-refractivity contribution in [2.45, 2.75) is 120 Å². The molecule has 1 aromatic carbocycles. The normalized spacial score (nSPS) is 35.2. The van der Waals surface area contributed by atoms with Gasteiger partial charge in [-0.05, 0) is 38.0 Å². The van der Waals surface area contributed by atoms with Gasteiger partial charge in [0.15, 0.2) is 6.23 Å². The maximum Gasteiger partial charge on any atom is 0.248 e. The van der Waals surface area contributed by atoms with Crippen LogP contribution < -0.4 is 21.3 Å². The Hall–Kier alpha value is -4.48. The summed E-state index contributed by atoms with van der Waals surface area (Å²) in [5.74, 6) is -8.89. The second-order valence-corrected chi connectivity index (χ2v) is 14.9. The van der Waals surface area contributed by atoms with E-state index in [2.05, 4.69) is 21.3 Å². The number of aliphatic hydroxyl groups is 8. The van der Waals surface area contributed by atoms with Gasteiger partial charge in [-0.25, -0.2) is 0 Å². The maximum absolute atomic E-state index is 14.0. The van der Waals surface area contributed by atoms with Crippen LogP contribution in [0.3, 0.4) is 0 Å². The van der Waals surface area contributed by atoms with Gasteiger partial charge in [0.2, 0.25) is 35.4 Å². The van der Waals surface area contributed by atoms with Crippen molar-refractivity contribution in [2.24, 2.45) is 11.8 Å². The topological polar surface area (TPSA) is 339 Å². The number of aliphatic hydroxyl groups excluding tert-OH is 8. The average molecular weight is 797 g/mol. The highest BCUT2D eigenvalue weighted by Gasteiger charge is 2.50. The van der Waals surface area contributed by atoms with Crippen molar-refractivity contribution in [3.8, 4) is 5.75 Å². The van der Waals surface area contributed by atoms with Crippen LogP contribution in [0.2, 0.25) is 0 Å². The van der Waals surface area contributed by atoms with E-state index in [9.17, 15) is 74.7 Å². The molecule has 4 rings (SSSR count). The number of carbonyl (C=O) groups excluding carboxylic acids is 6. The largest absolute Gasteiger partial charge is 0.508 e. The van der Waals surface area contributed by atoms with Crippen molar-refractivity contribution < 1.29 is 74.7 Å². The lowest BCUT2D eigenvalue weighted by molar-refractivity contribution is -0.148. The number of nitrogens with one attached hydrogen (secondary N) is 4. The zero-order valence-electron chi connectivity index (χ0n) is 31.2. The third-order valence-electron chi connectivity index (χ3n) is 10.4. The standard InChI is InChI=1S/C35H52N6O15/c1-13-9-21(46)31(52)39-33(54)25-26(47)14(2)11-41(25)35(56)23(16(4)43)37-32(53)24(28(49)27(48)17-5-7-18(44)8-6-17)38-30(51)20-10-19(45)12-40(20)34(55)22(15(3)42)36-29(13)50/h5-8,13-16,19-28,31,42-49,52H,9-12H2,1-4H3,(H,36,50)(H,37,53)(H,38,51)(H,39,54)/t13-,14?,15?,16?,19?,20?,21?,22?,23?,24?,25?,26?,27?,28?,31?/m0/s1. The zero-order valence-corrected chi connectivity index (χ0v) is 31.2. The highest BCUT2D eigenvalue weighted by Crippen LogP contribution is 2.27. The summed E-state index contributed by atoms with van der Waals surface area (Å²) in [5.41, 5.74) is -0.0399. The number of aromatic hydroxyl groups is 1. The highest BCUT2D eigenvalue weighted by molar-refractivity contribution is 5.97. The Morgan fingerprint density at radius 1 is 0.661 bits per heavy atom. The van der Waals surface area contributed by atoms with Gasteiger partial charge < -0.3 is 77.0 Å². The Labute approximate surface area is 321 Å². The lowest BCUT2D eigenvalue weighted by Gasteiger charge is -2.34. The molecule has 0 saturated carbocycles. The maximum atomic E-state index is 14.0. The lowest BCUT2D eigenvalue weighted by Crippen LogP contribution is -2.64. The molecule has 0 bridgehead atoms. The van der Waals surface area contributed by atoms with E-state index in [1.54, 1.807) is 0 Å². The van der Waals surface area contributed by atoms with Crippen molar-refractivity contribution in [3.63, 3.8) is 0 Å². The van der Waals surface area contributed by atoms with Gasteiger partial charge in [-0.2, -0.15) is 0 Å². The molecule has 312 valence electrons. The molecule has 15 atom stereocenters. The molecular formula is C35H52N6O15. The molecule has 3 aliphatic heterocycles. The number of carbonyl (C=O) groups is 6. The average Bonchev–Trinajstić information content (AvgIpc) is 3.68. The van der Waals surface area contributed by atoms with Crippen LogP contribution in [-0.4, -0.2) is 177 Å². The second kappa shape index (κ2) is 18.2. The van der Waals surface area contributed by atoms with E-state index >= 15 is 0 Å². The van der Waals surface area contributed by atoms with Crippen LogP contribution in [0.15, 0.2) is 24.3 Å². The van der Waals surface area contributed by atoms with Gasteiger partial charge in [0, 0.05) is 31.3 Å². The smallest absolute Gasteiger partial charge is 0.248 e. The van der Waals surface area contributed by atoms with Gasteiger partial charge in [-0.1, -0.05) is 26.0 Å². The van der Waals surface area contributed by atoms with Crippen LogP contribution in [0, 0.1) is 11.8 Å². The van der Waals surface area contributed by atoms with Gasteiger partial charge in [0.05, 0.1) is 30.5 Å². The number of benzene rings is 1. The Bertz CT molecular complexity index is 1610. The van der Waals surface area contributed by atoms with Crippen molar-refractivity contribution in [2.75, 3.05) is 13.1 Å². The Morgan fingerprint density at radius 2 is 1.20 bits per heavy atom. The fourth-order valence-electron chi connectivity index (χ4n) is 7.06. The molecule has 3 fully saturated rings. The number of nitrogens with zero attached hydrogens (tertiary/aromatic N) is 2. The number of hydrogen-bond acceptors (Lipinski definition) is 15. The van der Waals surface area contributed by atoms with E-state index in [0.29, 0.717) is 0 Å². The van der Waals surface area contributed by atoms with E-state index in [-0.39, 0.29) is 17.9 Å². The van der Waals surface area contributed by atoms with Crippen molar-refractivity contribution >= 4 is 35.4 Å². The van der Waals surface area contributed by atoms with Crippen LogP contribution in [0.25, 0.3) is 0 Å². The summed E-state index contributed by atoms with van der Waals surface area (Å²) < 4.78 is 0. The van der Waals surface area contributed by atoms with Crippen LogP contribution in [0.1, 0.15) is 52.2 Å².